The third-order valence-electron chi connectivity index (χ3n) is 10.1. The zero-order valence-corrected chi connectivity index (χ0v) is 22.4. The van der Waals surface area contributed by atoms with Crippen LogP contribution in [-0.2, 0) is 33.4 Å². The second-order valence-electron chi connectivity index (χ2n) is 12.3. The van der Waals surface area contributed by atoms with E-state index in [0.717, 1.165) is 29.6 Å². The highest BCUT2D eigenvalue weighted by Crippen LogP contribution is 2.68. The van der Waals surface area contributed by atoms with Crippen LogP contribution in [0.1, 0.15) is 78.4 Å². The van der Waals surface area contributed by atoms with E-state index in [0.29, 0.717) is 6.42 Å². The molecule has 0 unspecified atom stereocenters. The molecular weight excluding hydrogens is 476 g/mol. The fourth-order valence-corrected chi connectivity index (χ4v) is 8.37. The molecule has 3 fully saturated rings. The van der Waals surface area contributed by atoms with Crippen LogP contribution in [0.25, 0.3) is 0 Å². The van der Waals surface area contributed by atoms with Gasteiger partial charge < -0.3 is 18.6 Å². The zero-order valence-electron chi connectivity index (χ0n) is 22.4. The Morgan fingerprint density at radius 2 is 1.89 bits per heavy atom. The van der Waals surface area contributed by atoms with Gasteiger partial charge in [-0.05, 0) is 42.7 Å². The van der Waals surface area contributed by atoms with E-state index in [4.69, 9.17) is 18.6 Å². The monoisotopic (exact) mass is 512 g/mol. The lowest BCUT2D eigenvalue weighted by molar-refractivity contribution is -0.197. The molecule has 2 saturated carbocycles. The molecule has 1 aromatic heterocycles. The quantitative estimate of drug-likeness (QED) is 0.324. The van der Waals surface area contributed by atoms with Gasteiger partial charge in [0.25, 0.3) is 0 Å². The third kappa shape index (κ3) is 3.62. The van der Waals surface area contributed by atoms with Crippen LogP contribution in [0.2, 0.25) is 0 Å². The van der Waals surface area contributed by atoms with Crippen molar-refractivity contribution >= 4 is 23.7 Å². The van der Waals surface area contributed by atoms with Gasteiger partial charge in [-0.3, -0.25) is 19.2 Å². The smallest absolute Gasteiger partial charge is 0.310 e. The fraction of sp³-hybridized carbons (Fsp3) is 0.655. The molecule has 200 valence electrons. The average molecular weight is 513 g/mol. The van der Waals surface area contributed by atoms with Crippen molar-refractivity contribution in [2.24, 2.45) is 34.0 Å². The van der Waals surface area contributed by atoms with Crippen LogP contribution in [-0.4, -0.2) is 36.9 Å². The number of methoxy groups -OCH3 is 1. The number of hydrogen-bond donors (Lipinski definition) is 0. The van der Waals surface area contributed by atoms with Gasteiger partial charge >= 0.3 is 17.9 Å². The molecular formula is C29H36O8. The van der Waals surface area contributed by atoms with Crippen molar-refractivity contribution in [1.82, 2.24) is 0 Å². The first-order valence-corrected chi connectivity index (χ1v) is 13.1. The summed E-state index contributed by atoms with van der Waals surface area (Å²) in [4.78, 5) is 52.0. The number of esters is 3. The van der Waals surface area contributed by atoms with Crippen molar-refractivity contribution < 1.29 is 37.8 Å². The number of ether oxygens (including phenoxy) is 3. The van der Waals surface area contributed by atoms with Gasteiger partial charge in [0.2, 0.25) is 0 Å². The summed E-state index contributed by atoms with van der Waals surface area (Å²) in [5, 5.41) is 0. The van der Waals surface area contributed by atoms with Gasteiger partial charge in [-0.1, -0.05) is 33.3 Å². The summed E-state index contributed by atoms with van der Waals surface area (Å²) in [5.74, 6) is -2.20. The summed E-state index contributed by atoms with van der Waals surface area (Å²) in [6.07, 6.45) is 4.12. The summed E-state index contributed by atoms with van der Waals surface area (Å²) in [7, 11) is 1.35. The first-order valence-electron chi connectivity index (χ1n) is 13.1. The van der Waals surface area contributed by atoms with Crippen molar-refractivity contribution in [3.05, 3.63) is 35.3 Å². The molecule has 1 saturated heterocycles. The number of rotatable bonds is 4. The van der Waals surface area contributed by atoms with Crippen LogP contribution >= 0.6 is 0 Å². The Morgan fingerprint density at radius 3 is 2.51 bits per heavy atom. The number of ketones is 1. The van der Waals surface area contributed by atoms with Crippen LogP contribution in [0.5, 0.6) is 0 Å². The molecule has 0 radical (unpaired) electrons. The first-order chi connectivity index (χ1) is 17.4. The molecule has 5 rings (SSSR count). The van der Waals surface area contributed by atoms with Crippen molar-refractivity contribution in [1.29, 1.82) is 0 Å². The Morgan fingerprint density at radius 1 is 1.16 bits per heavy atom. The van der Waals surface area contributed by atoms with Gasteiger partial charge in [0.1, 0.15) is 18.0 Å². The number of fused-ring (bicyclic) bond motifs is 5. The predicted molar refractivity (Wildman–Crippen MR) is 131 cm³/mol. The Labute approximate surface area is 217 Å². The van der Waals surface area contributed by atoms with Crippen molar-refractivity contribution in [2.45, 2.75) is 78.9 Å². The molecule has 3 aliphatic carbocycles. The van der Waals surface area contributed by atoms with Gasteiger partial charge in [0.05, 0.1) is 32.0 Å². The van der Waals surface area contributed by atoms with E-state index in [9.17, 15) is 19.2 Å². The van der Waals surface area contributed by atoms with Crippen LogP contribution in [0.3, 0.4) is 0 Å². The lowest BCUT2D eigenvalue weighted by atomic mass is 9.40. The van der Waals surface area contributed by atoms with Crippen LogP contribution < -0.4 is 0 Å². The molecule has 2 bridgehead atoms. The highest BCUT2D eigenvalue weighted by Gasteiger charge is 2.68. The summed E-state index contributed by atoms with van der Waals surface area (Å²) in [5.41, 5.74) is 0.968. The normalized spacial score (nSPS) is 38.3. The SMILES string of the molecule is COC(=O)C[C@H]1C(C)(C)[C@@H](OC(C)=O)[C@@H]2CC3=C4CC(=O)O[C@@H](c5ccoc5)[C@]4(C)CC[C@@H]3[C@@]1(C)C2=O. The van der Waals surface area contributed by atoms with Crippen LogP contribution in [0.15, 0.2) is 34.2 Å². The molecule has 1 aromatic rings. The molecule has 0 spiro atoms. The molecule has 37 heavy (non-hydrogen) atoms. The van der Waals surface area contributed by atoms with E-state index in [2.05, 4.69) is 6.92 Å². The number of carbonyl (C=O) groups excluding carboxylic acids is 4. The summed E-state index contributed by atoms with van der Waals surface area (Å²) < 4.78 is 22.1. The van der Waals surface area contributed by atoms with Gasteiger partial charge in [-0.15, -0.1) is 0 Å². The summed E-state index contributed by atoms with van der Waals surface area (Å²) >= 11 is 0. The van der Waals surface area contributed by atoms with Gasteiger partial charge in [-0.25, -0.2) is 0 Å². The van der Waals surface area contributed by atoms with Gasteiger partial charge in [0, 0.05) is 35.2 Å². The Bertz CT molecular complexity index is 1180. The standard InChI is InChI=1S/C29H36O8/c1-15(30)36-26-18-11-17-19(29(5,24(18)33)21(27(26,2)3)13-22(31)34-6)7-9-28(4)20(17)12-23(32)37-25(28)16-8-10-35-14-16/h8,10,14,18-19,21,25-26H,7,9,11-13H2,1-6H3/t18-,19+,21+,25+,26+,28-,29-/m1/s1. The topological polar surface area (TPSA) is 109 Å². The number of Topliss-reactive ketones (excluding diaryl/α,β-unsaturated/α-hetero) is 1. The van der Waals surface area contributed by atoms with Crippen molar-refractivity contribution in [2.75, 3.05) is 7.11 Å². The highest BCUT2D eigenvalue weighted by molar-refractivity contribution is 5.92. The Hall–Kier alpha value is -2.90. The van der Waals surface area contributed by atoms with E-state index in [1.54, 1.807) is 12.5 Å². The molecule has 1 aliphatic heterocycles. The van der Waals surface area contributed by atoms with E-state index in [1.165, 1.54) is 14.0 Å². The van der Waals surface area contributed by atoms with Crippen molar-refractivity contribution in [3.8, 4) is 0 Å². The third-order valence-corrected chi connectivity index (χ3v) is 10.1. The molecule has 0 amide bonds. The van der Waals surface area contributed by atoms with E-state index < -0.39 is 52.2 Å². The van der Waals surface area contributed by atoms with Crippen LogP contribution in [0.4, 0.5) is 0 Å². The fourth-order valence-electron chi connectivity index (χ4n) is 8.37. The largest absolute Gasteiger partial charge is 0.472 e. The molecule has 4 aliphatic rings. The minimum atomic E-state index is -0.868. The Kier molecular flexibility index (Phi) is 5.96. The van der Waals surface area contributed by atoms with E-state index in [1.807, 2.05) is 26.8 Å². The number of cyclic esters (lactones) is 1. The maximum Gasteiger partial charge on any atom is 0.310 e. The molecule has 0 aromatic carbocycles. The second-order valence-corrected chi connectivity index (χ2v) is 12.3. The number of carbonyl (C=O) groups is 4. The summed E-state index contributed by atoms with van der Waals surface area (Å²) in [6, 6.07) is 1.83. The zero-order chi connectivity index (χ0) is 26.9. The lowest BCUT2D eigenvalue weighted by Crippen LogP contribution is -2.66. The molecule has 2 heterocycles. The van der Waals surface area contributed by atoms with Gasteiger partial charge in [-0.2, -0.15) is 0 Å². The maximum absolute atomic E-state index is 14.2. The summed E-state index contributed by atoms with van der Waals surface area (Å²) in [6.45, 7) is 9.43. The maximum atomic E-state index is 14.2. The number of allylic oxidation sites excluding steroid dienone is 1. The van der Waals surface area contributed by atoms with E-state index >= 15 is 0 Å². The predicted octanol–water partition coefficient (Wildman–Crippen LogP) is 4.73. The number of furan rings is 1. The molecule has 8 nitrogen and oxygen atoms in total. The highest BCUT2D eigenvalue weighted by atomic mass is 16.6. The lowest BCUT2D eigenvalue weighted by Gasteiger charge is -2.63. The molecule has 7 atom stereocenters. The Balaban J connectivity index is 1.69. The minimum Gasteiger partial charge on any atom is -0.472 e. The molecule has 8 heteroatoms. The minimum absolute atomic E-state index is 0.0368. The van der Waals surface area contributed by atoms with Gasteiger partial charge in [0.15, 0.2) is 0 Å². The van der Waals surface area contributed by atoms with Crippen LogP contribution in [0, 0.1) is 34.0 Å². The number of hydrogen-bond acceptors (Lipinski definition) is 8. The van der Waals surface area contributed by atoms with Crippen molar-refractivity contribution in [3.63, 3.8) is 0 Å². The van der Waals surface area contributed by atoms with E-state index in [-0.39, 0.29) is 30.5 Å². The first kappa shape index (κ1) is 25.7. The molecule has 0 N–H and O–H groups in total. The average Bonchev–Trinajstić information content (AvgIpc) is 3.36. The second kappa shape index (κ2) is 8.57.